The molecule has 2 aromatic heterocycles. The van der Waals surface area contributed by atoms with Crippen molar-refractivity contribution in [2.75, 3.05) is 0 Å². The number of pyridine rings is 2. The fourth-order valence-electron chi connectivity index (χ4n) is 10.6. The zero-order chi connectivity index (χ0) is 46.8. The maximum Gasteiger partial charge on any atom is 2.00 e. The monoisotopic (exact) mass is 1070 g/mol. The van der Waals surface area contributed by atoms with E-state index < -0.39 is 10.8 Å². The van der Waals surface area contributed by atoms with Crippen LogP contribution in [0.25, 0.3) is 22.5 Å². The Bertz CT molecular complexity index is 3150. The van der Waals surface area contributed by atoms with Crippen molar-refractivity contribution in [2.24, 2.45) is 0 Å². The van der Waals surface area contributed by atoms with Gasteiger partial charge in [0.2, 0.25) is 0 Å². The predicted molar refractivity (Wildman–Crippen MR) is 271 cm³/mol. The van der Waals surface area contributed by atoms with E-state index in [1.165, 1.54) is 22.3 Å². The van der Waals surface area contributed by atoms with Crippen LogP contribution in [0.5, 0.6) is 23.0 Å². The third-order valence-corrected chi connectivity index (χ3v) is 14.5. The molecular formula is C63H58N2O2Pt. The van der Waals surface area contributed by atoms with Crippen molar-refractivity contribution >= 4 is 0 Å². The van der Waals surface area contributed by atoms with Gasteiger partial charge in [0, 0.05) is 27.7 Å². The smallest absolute Gasteiger partial charge is 0.457 e. The third kappa shape index (κ3) is 7.03. The summed E-state index contributed by atoms with van der Waals surface area (Å²) in [7, 11) is 0. The summed E-state index contributed by atoms with van der Waals surface area (Å²) in [5.41, 5.74) is 13.9. The summed E-state index contributed by atoms with van der Waals surface area (Å²) in [5.74, 6) is 3.52. The number of hydrogen-bond donors (Lipinski definition) is 0. The molecule has 0 amide bonds. The van der Waals surface area contributed by atoms with E-state index in [0.29, 0.717) is 5.92 Å². The first-order chi connectivity index (χ1) is 31.9. The maximum absolute atomic E-state index is 6.96. The standard InChI is InChI=1S/C63H58N2O2.Pt/c1-38(2)39-24-28-53-47(34-39)62(48-35-42(59(3,4)5)25-29-54(48)66-53)45-18-12-16-40(32-45)51-20-14-22-57(64-51)63(58-23-15-21-52(65-58)41-17-13-19-46(62)33-41)49-36-43(60(6,7)8)26-30-55(49)67-56-31-27-44(37-50(56)63)61(9,10)11;/h12-31,34-38H,1-11H3;/q-2;+2. The minimum atomic E-state index is -0.979. The van der Waals surface area contributed by atoms with Gasteiger partial charge in [-0.1, -0.05) is 137 Å². The Hall–Kier alpha value is -6.09. The van der Waals surface area contributed by atoms with Gasteiger partial charge >= 0.3 is 21.1 Å². The third-order valence-electron chi connectivity index (χ3n) is 14.5. The number of ether oxygens (including phenoxy) is 2. The second kappa shape index (κ2) is 16.0. The van der Waals surface area contributed by atoms with Crippen LogP contribution >= 0.6 is 0 Å². The molecule has 8 aromatic rings. The van der Waals surface area contributed by atoms with Crippen molar-refractivity contribution in [3.8, 4) is 45.5 Å². The fourth-order valence-corrected chi connectivity index (χ4v) is 10.6. The van der Waals surface area contributed by atoms with Crippen molar-refractivity contribution in [2.45, 2.75) is 109 Å². The molecule has 0 atom stereocenters. The van der Waals surface area contributed by atoms with E-state index in [4.69, 9.17) is 19.4 Å². The van der Waals surface area contributed by atoms with Gasteiger partial charge in [-0.25, -0.2) is 0 Å². The van der Waals surface area contributed by atoms with Crippen LogP contribution in [-0.2, 0) is 48.1 Å². The van der Waals surface area contributed by atoms with E-state index in [1.807, 2.05) is 0 Å². The molecule has 342 valence electrons. The molecule has 2 spiro atoms. The second-order valence-corrected chi connectivity index (χ2v) is 22.3. The summed E-state index contributed by atoms with van der Waals surface area (Å²) in [4.78, 5) is 11.6. The van der Waals surface area contributed by atoms with Gasteiger partial charge in [0.05, 0.1) is 11.4 Å². The summed E-state index contributed by atoms with van der Waals surface area (Å²) in [5, 5.41) is 0. The average Bonchev–Trinajstić information content (AvgIpc) is 3.31. The summed E-state index contributed by atoms with van der Waals surface area (Å²) in [6, 6.07) is 61.0. The summed E-state index contributed by atoms with van der Waals surface area (Å²) < 4.78 is 13.9. The van der Waals surface area contributed by atoms with Crippen LogP contribution in [0.2, 0.25) is 0 Å². The molecule has 8 bridgehead atoms. The number of aromatic nitrogens is 2. The van der Waals surface area contributed by atoms with E-state index in [2.05, 4.69) is 234 Å². The molecule has 11 rings (SSSR count). The molecule has 0 fully saturated rings. The fraction of sp³-hybridized carbons (Fsp3) is 0.270. The molecule has 3 aliphatic heterocycles. The molecule has 0 saturated heterocycles. The first kappa shape index (κ1) is 45.7. The molecule has 5 heteroatoms. The normalized spacial score (nSPS) is 14.9. The number of rotatable bonds is 1. The van der Waals surface area contributed by atoms with E-state index in [-0.39, 0.29) is 37.3 Å². The SMILES string of the molecule is CC(C)c1ccc2c(c1)C1(c3[c-]c(ccc3)-c3cccc(n3)C3(c4cccc(n4)-c4[c-]c1ccc4)c1cc(C(C)(C)C)ccc1Oc1ccc(C(C)(C)C)cc13)c1cc(C(C)(C)C)ccc1O2.[Pt+2]. The van der Waals surface area contributed by atoms with Crippen LogP contribution in [0.1, 0.15) is 149 Å². The minimum absolute atomic E-state index is 0. The maximum atomic E-state index is 6.96. The van der Waals surface area contributed by atoms with Gasteiger partial charge in [0.25, 0.3) is 0 Å². The Morgan fingerprint density at radius 2 is 0.794 bits per heavy atom. The predicted octanol–water partition coefficient (Wildman–Crippen LogP) is 15.7. The Morgan fingerprint density at radius 1 is 0.426 bits per heavy atom. The van der Waals surface area contributed by atoms with Crippen LogP contribution in [-0.4, -0.2) is 9.97 Å². The van der Waals surface area contributed by atoms with Gasteiger partial charge in [-0.15, -0.1) is 70.8 Å². The van der Waals surface area contributed by atoms with Crippen molar-refractivity contribution in [1.29, 1.82) is 0 Å². The van der Waals surface area contributed by atoms with Crippen molar-refractivity contribution in [3.05, 3.63) is 225 Å². The van der Waals surface area contributed by atoms with Crippen molar-refractivity contribution in [1.82, 2.24) is 9.97 Å². The molecule has 0 radical (unpaired) electrons. The van der Waals surface area contributed by atoms with Crippen LogP contribution in [0.3, 0.4) is 0 Å². The second-order valence-electron chi connectivity index (χ2n) is 22.3. The molecule has 3 aliphatic rings. The number of hydrogen-bond acceptors (Lipinski definition) is 4. The Kier molecular flexibility index (Phi) is 10.7. The largest absolute Gasteiger partial charge is 2.00 e. The van der Waals surface area contributed by atoms with Gasteiger partial charge in [-0.05, 0) is 104 Å². The van der Waals surface area contributed by atoms with Gasteiger partial charge in [0.1, 0.15) is 28.4 Å². The quantitative estimate of drug-likeness (QED) is 0.154. The van der Waals surface area contributed by atoms with E-state index in [9.17, 15) is 0 Å². The topological polar surface area (TPSA) is 44.2 Å². The van der Waals surface area contributed by atoms with E-state index >= 15 is 0 Å². The summed E-state index contributed by atoms with van der Waals surface area (Å²) >= 11 is 0. The summed E-state index contributed by atoms with van der Waals surface area (Å²) in [6.07, 6.45) is 0. The summed E-state index contributed by atoms with van der Waals surface area (Å²) in [6.45, 7) is 24.9. The molecule has 0 saturated carbocycles. The van der Waals surface area contributed by atoms with Crippen molar-refractivity contribution < 1.29 is 30.5 Å². The van der Waals surface area contributed by atoms with Crippen LogP contribution in [0.4, 0.5) is 0 Å². The van der Waals surface area contributed by atoms with Gasteiger partial charge in [-0.3, -0.25) is 9.97 Å². The Labute approximate surface area is 417 Å². The van der Waals surface area contributed by atoms with Gasteiger partial charge < -0.3 is 9.47 Å². The molecule has 0 aliphatic carbocycles. The van der Waals surface area contributed by atoms with Crippen LogP contribution < -0.4 is 9.47 Å². The minimum Gasteiger partial charge on any atom is -0.457 e. The molecule has 5 heterocycles. The first-order valence-electron chi connectivity index (χ1n) is 23.8. The molecule has 68 heavy (non-hydrogen) atoms. The van der Waals surface area contributed by atoms with Gasteiger partial charge in [0.15, 0.2) is 0 Å². The first-order valence-corrected chi connectivity index (χ1v) is 23.8. The van der Waals surface area contributed by atoms with Crippen LogP contribution in [0, 0.1) is 12.1 Å². The number of nitrogens with zero attached hydrogens (tertiary/aromatic N) is 2. The molecule has 0 unspecified atom stereocenters. The zero-order valence-corrected chi connectivity index (χ0v) is 43.2. The molecule has 0 N–H and O–H groups in total. The number of benzene rings is 6. The Morgan fingerprint density at radius 3 is 1.19 bits per heavy atom. The van der Waals surface area contributed by atoms with Gasteiger partial charge in [-0.2, -0.15) is 0 Å². The van der Waals surface area contributed by atoms with Crippen molar-refractivity contribution in [3.63, 3.8) is 0 Å². The Balaban J connectivity index is 0.00000539. The van der Waals surface area contributed by atoms with Crippen LogP contribution in [0.15, 0.2) is 146 Å². The number of fused-ring (bicyclic) bond motifs is 22. The molecule has 6 aromatic carbocycles. The molecule has 4 nitrogen and oxygen atoms in total. The molecular weight excluding hydrogens is 1010 g/mol. The zero-order valence-electron chi connectivity index (χ0n) is 41.0. The van der Waals surface area contributed by atoms with E-state index in [1.54, 1.807) is 0 Å². The van der Waals surface area contributed by atoms with E-state index in [0.717, 1.165) is 90.3 Å². The average molecular weight is 1070 g/mol.